The molecule has 90 valence electrons. The van der Waals surface area contributed by atoms with Gasteiger partial charge >= 0.3 is 0 Å². The van der Waals surface area contributed by atoms with E-state index in [9.17, 15) is 4.79 Å². The van der Waals surface area contributed by atoms with Crippen molar-refractivity contribution in [2.75, 3.05) is 7.05 Å². The van der Waals surface area contributed by atoms with Gasteiger partial charge in [0.15, 0.2) is 0 Å². The number of carbonyl (C=O) groups excluding carboxylic acids is 1. The third-order valence-electron chi connectivity index (χ3n) is 2.22. The van der Waals surface area contributed by atoms with E-state index in [-0.39, 0.29) is 5.91 Å². The first kappa shape index (κ1) is 13.5. The van der Waals surface area contributed by atoms with Gasteiger partial charge < -0.3 is 5.32 Å². The Morgan fingerprint density at radius 1 is 1.29 bits per heavy atom. The Bertz CT molecular complexity index is 463. The average Bonchev–Trinajstić information content (AvgIpc) is 2.26. The van der Waals surface area contributed by atoms with Gasteiger partial charge in [-0.1, -0.05) is 43.8 Å². The Morgan fingerprint density at radius 2 is 1.94 bits per heavy atom. The Balaban J connectivity index is 2.99. The van der Waals surface area contributed by atoms with Gasteiger partial charge in [0.05, 0.1) is 6.42 Å². The summed E-state index contributed by atoms with van der Waals surface area (Å²) in [6.07, 6.45) is 0.396. The SMILES string of the molecule is CNC(=O)Cc1ccccc1C#C[Si](C)(C)C. The van der Waals surface area contributed by atoms with Crippen molar-refractivity contribution in [3.8, 4) is 11.5 Å². The maximum absolute atomic E-state index is 11.4. The van der Waals surface area contributed by atoms with Crippen LogP contribution in [0.5, 0.6) is 0 Å². The fraction of sp³-hybridized carbons (Fsp3) is 0.357. The smallest absolute Gasteiger partial charge is 0.224 e. The van der Waals surface area contributed by atoms with Crippen molar-refractivity contribution in [2.24, 2.45) is 0 Å². The molecule has 17 heavy (non-hydrogen) atoms. The number of amides is 1. The van der Waals surface area contributed by atoms with Crippen LogP contribution in [-0.4, -0.2) is 21.0 Å². The number of nitrogens with one attached hydrogen (secondary N) is 1. The summed E-state index contributed by atoms with van der Waals surface area (Å²) >= 11 is 0. The highest BCUT2D eigenvalue weighted by atomic mass is 28.3. The van der Waals surface area contributed by atoms with Gasteiger partial charge in [0.2, 0.25) is 5.91 Å². The van der Waals surface area contributed by atoms with E-state index in [1.165, 1.54) is 0 Å². The molecule has 0 radical (unpaired) electrons. The molecule has 0 aliphatic rings. The van der Waals surface area contributed by atoms with Gasteiger partial charge in [-0.15, -0.1) is 5.54 Å². The minimum Gasteiger partial charge on any atom is -0.359 e. The number of carbonyl (C=O) groups is 1. The monoisotopic (exact) mass is 245 g/mol. The molecule has 1 aromatic rings. The molecule has 0 aliphatic carbocycles. The van der Waals surface area contributed by atoms with E-state index in [0.29, 0.717) is 6.42 Å². The zero-order chi connectivity index (χ0) is 12.9. The quantitative estimate of drug-likeness (QED) is 0.628. The highest BCUT2D eigenvalue weighted by Gasteiger charge is 2.09. The van der Waals surface area contributed by atoms with E-state index in [4.69, 9.17) is 0 Å². The third kappa shape index (κ3) is 4.88. The lowest BCUT2D eigenvalue weighted by Gasteiger charge is -2.06. The molecule has 0 saturated carbocycles. The molecule has 1 N–H and O–H groups in total. The normalized spacial score (nSPS) is 10.4. The number of rotatable bonds is 2. The van der Waals surface area contributed by atoms with Crippen LogP contribution in [0.2, 0.25) is 19.6 Å². The number of hydrogen-bond donors (Lipinski definition) is 1. The highest BCUT2D eigenvalue weighted by Crippen LogP contribution is 2.09. The molecule has 0 aromatic heterocycles. The van der Waals surface area contributed by atoms with Gasteiger partial charge in [-0.25, -0.2) is 0 Å². The molecule has 3 heteroatoms. The van der Waals surface area contributed by atoms with E-state index in [2.05, 4.69) is 36.4 Å². The lowest BCUT2D eigenvalue weighted by atomic mass is 10.1. The van der Waals surface area contributed by atoms with E-state index in [0.717, 1.165) is 11.1 Å². The Kier molecular flexibility index (Phi) is 4.53. The molecule has 2 nitrogen and oxygen atoms in total. The lowest BCUT2D eigenvalue weighted by molar-refractivity contribution is -0.119. The summed E-state index contributed by atoms with van der Waals surface area (Å²) in [4.78, 5) is 11.4. The zero-order valence-electron chi connectivity index (χ0n) is 10.9. The van der Waals surface area contributed by atoms with Crippen LogP contribution in [-0.2, 0) is 11.2 Å². The van der Waals surface area contributed by atoms with Crippen molar-refractivity contribution in [1.29, 1.82) is 0 Å². The number of benzene rings is 1. The van der Waals surface area contributed by atoms with Gasteiger partial charge in [-0.2, -0.15) is 0 Å². The minimum atomic E-state index is -1.37. The summed E-state index contributed by atoms with van der Waals surface area (Å²) in [5.74, 6) is 3.23. The maximum atomic E-state index is 11.4. The molecule has 1 amide bonds. The summed E-state index contributed by atoms with van der Waals surface area (Å²) < 4.78 is 0. The summed E-state index contributed by atoms with van der Waals surface area (Å²) in [6.45, 7) is 6.63. The first-order valence-electron chi connectivity index (χ1n) is 5.74. The fourth-order valence-electron chi connectivity index (χ4n) is 1.31. The zero-order valence-corrected chi connectivity index (χ0v) is 11.9. The molecule has 0 unspecified atom stereocenters. The molecule has 0 atom stereocenters. The van der Waals surface area contributed by atoms with Crippen LogP contribution in [0.1, 0.15) is 11.1 Å². The molecule has 0 aliphatic heterocycles. The van der Waals surface area contributed by atoms with Crippen molar-refractivity contribution >= 4 is 14.0 Å². The molecule has 1 rings (SSSR count). The van der Waals surface area contributed by atoms with Gasteiger partial charge in [-0.05, 0) is 11.6 Å². The molecule has 0 saturated heterocycles. The van der Waals surface area contributed by atoms with Crippen molar-refractivity contribution in [1.82, 2.24) is 5.32 Å². The van der Waals surface area contributed by atoms with Gasteiger partial charge in [0.1, 0.15) is 8.07 Å². The topological polar surface area (TPSA) is 29.1 Å². The summed E-state index contributed by atoms with van der Waals surface area (Å²) in [7, 11) is 0.279. The van der Waals surface area contributed by atoms with Crippen molar-refractivity contribution in [3.05, 3.63) is 35.4 Å². The second kappa shape index (κ2) is 5.69. The van der Waals surface area contributed by atoms with Gasteiger partial charge in [0.25, 0.3) is 0 Å². The number of hydrogen-bond acceptors (Lipinski definition) is 1. The second-order valence-corrected chi connectivity index (χ2v) is 9.76. The van der Waals surface area contributed by atoms with E-state index >= 15 is 0 Å². The Labute approximate surface area is 104 Å². The van der Waals surface area contributed by atoms with Gasteiger partial charge in [0, 0.05) is 12.6 Å². The van der Waals surface area contributed by atoms with E-state index < -0.39 is 8.07 Å². The van der Waals surface area contributed by atoms with Crippen LogP contribution in [0, 0.1) is 11.5 Å². The summed E-state index contributed by atoms with van der Waals surface area (Å²) in [5, 5.41) is 2.63. The average molecular weight is 245 g/mol. The summed E-state index contributed by atoms with van der Waals surface area (Å²) in [6, 6.07) is 7.84. The predicted molar refractivity (Wildman–Crippen MR) is 74.4 cm³/mol. The van der Waals surface area contributed by atoms with Crippen LogP contribution in [0.15, 0.2) is 24.3 Å². The molecule has 0 bridgehead atoms. The van der Waals surface area contributed by atoms with Crippen LogP contribution in [0.25, 0.3) is 0 Å². The summed E-state index contributed by atoms with van der Waals surface area (Å²) in [5.41, 5.74) is 5.30. The first-order chi connectivity index (χ1) is 7.92. The third-order valence-corrected chi connectivity index (χ3v) is 3.09. The van der Waals surface area contributed by atoms with E-state index in [1.807, 2.05) is 24.3 Å². The molecule has 0 spiro atoms. The van der Waals surface area contributed by atoms with Crippen LogP contribution >= 0.6 is 0 Å². The van der Waals surface area contributed by atoms with Crippen molar-refractivity contribution in [3.63, 3.8) is 0 Å². The first-order valence-corrected chi connectivity index (χ1v) is 9.24. The second-order valence-electron chi connectivity index (χ2n) is 5.01. The van der Waals surface area contributed by atoms with Gasteiger partial charge in [-0.3, -0.25) is 4.79 Å². The standard InChI is InChI=1S/C14H19NOSi/c1-15-14(16)11-13-8-6-5-7-12(13)9-10-17(2,3)4/h5-8H,11H2,1-4H3,(H,15,16). The molecule has 0 fully saturated rings. The predicted octanol–water partition coefficient (Wildman–Crippen LogP) is 2.20. The van der Waals surface area contributed by atoms with Crippen molar-refractivity contribution < 1.29 is 4.79 Å². The van der Waals surface area contributed by atoms with Crippen LogP contribution in [0.4, 0.5) is 0 Å². The maximum Gasteiger partial charge on any atom is 0.224 e. The highest BCUT2D eigenvalue weighted by molar-refractivity contribution is 6.83. The molecule has 0 heterocycles. The fourth-order valence-corrected chi connectivity index (χ4v) is 1.82. The van der Waals surface area contributed by atoms with Crippen LogP contribution in [0.3, 0.4) is 0 Å². The Morgan fingerprint density at radius 3 is 2.53 bits per heavy atom. The Hall–Kier alpha value is -1.53. The minimum absolute atomic E-state index is 0.0206. The molecular formula is C14H19NOSi. The van der Waals surface area contributed by atoms with Crippen LogP contribution < -0.4 is 5.32 Å². The number of likely N-dealkylation sites (N-methyl/N-ethyl adjacent to an activating group) is 1. The molecule has 1 aromatic carbocycles. The lowest BCUT2D eigenvalue weighted by Crippen LogP contribution is -2.20. The largest absolute Gasteiger partial charge is 0.359 e. The van der Waals surface area contributed by atoms with Crippen molar-refractivity contribution in [2.45, 2.75) is 26.1 Å². The van der Waals surface area contributed by atoms with E-state index in [1.54, 1.807) is 7.05 Å². The molecular weight excluding hydrogens is 226 g/mol.